The quantitative estimate of drug-likeness (QED) is 0.0872. The Balaban J connectivity index is 4.77. The molecule has 0 rings (SSSR count). The van der Waals surface area contributed by atoms with E-state index in [1.807, 2.05) is 4.90 Å². The second kappa shape index (κ2) is 20.1. The van der Waals surface area contributed by atoms with E-state index in [9.17, 15) is 4.79 Å². The van der Waals surface area contributed by atoms with Gasteiger partial charge >= 0.3 is 17.6 Å². The molecule has 44 heavy (non-hydrogen) atoms. The van der Waals surface area contributed by atoms with Crippen LogP contribution in [0.1, 0.15) is 32.6 Å². The van der Waals surface area contributed by atoms with Crippen molar-refractivity contribution in [1.82, 2.24) is 4.90 Å². The highest BCUT2D eigenvalue weighted by molar-refractivity contribution is 6.85. The Morgan fingerprint density at radius 2 is 0.705 bits per heavy atom. The smallest absolute Gasteiger partial charge is 0.455 e. The molecule has 264 valence electrons. The Kier molecular flexibility index (Phi) is 20.3. The van der Waals surface area contributed by atoms with Crippen LogP contribution in [0.25, 0.3) is 0 Å². The van der Waals surface area contributed by atoms with E-state index in [1.54, 1.807) is 49.6 Å². The number of hydrogen-bond acceptors (Lipinski definition) is 9. The predicted molar refractivity (Wildman–Crippen MR) is 195 cm³/mol. The van der Waals surface area contributed by atoms with Gasteiger partial charge in [0.15, 0.2) is 33.3 Å². The fourth-order valence-electron chi connectivity index (χ4n) is 6.09. The van der Waals surface area contributed by atoms with Gasteiger partial charge in [0.25, 0.3) is 0 Å². The third kappa shape index (κ3) is 17.6. The van der Waals surface area contributed by atoms with Gasteiger partial charge in [0, 0.05) is 74.8 Å². The first-order valence-corrected chi connectivity index (χ1v) is 32.5. The first-order valence-electron chi connectivity index (χ1n) is 16.2. The predicted octanol–water partition coefficient (Wildman–Crippen LogP) is 7.01. The van der Waals surface area contributed by atoms with Crippen molar-refractivity contribution in [1.29, 1.82) is 0 Å². The van der Waals surface area contributed by atoms with E-state index in [-0.39, 0.29) is 5.91 Å². The average Bonchev–Trinajstić information content (AvgIpc) is 2.91. The molecule has 0 bridgehead atoms. The zero-order chi connectivity index (χ0) is 34.3. The molecule has 0 atom stereocenters. The second-order valence-electron chi connectivity index (χ2n) is 14.3. The van der Waals surface area contributed by atoms with Crippen molar-refractivity contribution >= 4 is 56.8 Å². The maximum atomic E-state index is 12.5. The highest BCUT2D eigenvalue weighted by Crippen LogP contribution is 2.28. The Hall–Kier alpha value is 0.451. The Labute approximate surface area is 277 Å². The number of nitrogens with zero attached hydrogens (tertiary/aromatic N) is 1. The van der Waals surface area contributed by atoms with Gasteiger partial charge in [0.05, 0.1) is 0 Å². The fraction of sp³-hybridized carbons (Fsp3) is 0.964. The molecule has 0 fully saturated rings. The lowest BCUT2D eigenvalue weighted by Crippen LogP contribution is -2.46. The number of amides is 1. The Morgan fingerprint density at radius 3 is 0.932 bits per heavy atom. The molecule has 0 aromatic carbocycles. The minimum atomic E-state index is -2.55. The van der Waals surface area contributed by atoms with Gasteiger partial charge in [0.2, 0.25) is 5.91 Å². The summed E-state index contributed by atoms with van der Waals surface area (Å²) in [6.45, 7) is 21.8. The molecule has 10 nitrogen and oxygen atoms in total. The van der Waals surface area contributed by atoms with E-state index in [4.69, 9.17) is 34.8 Å². The third-order valence-electron chi connectivity index (χ3n) is 8.35. The molecule has 0 saturated heterocycles. The molecule has 0 saturated carbocycles. The number of carbonyl (C=O) groups is 1. The van der Waals surface area contributed by atoms with Gasteiger partial charge < -0.3 is 39.7 Å². The third-order valence-corrected chi connectivity index (χ3v) is 29.1. The molecule has 0 N–H and O–H groups in total. The fourth-order valence-corrected chi connectivity index (χ4v) is 27.9. The van der Waals surface area contributed by atoms with Crippen LogP contribution >= 0.6 is 0 Å². The van der Waals surface area contributed by atoms with Crippen molar-refractivity contribution < 1.29 is 39.6 Å². The molecular weight excluding hydrogens is 663 g/mol. The van der Waals surface area contributed by atoms with Crippen molar-refractivity contribution in [2.24, 2.45) is 0 Å². The first kappa shape index (κ1) is 44.5. The summed E-state index contributed by atoms with van der Waals surface area (Å²) < 4.78 is 47.2. The number of hydrogen-bond donors (Lipinski definition) is 0. The maximum absolute atomic E-state index is 12.5. The molecule has 0 radical (unpaired) electrons. The standard InChI is InChI=1S/C28H69NO9Si6/c1-28(30)29(20-16-22-39(8,9)37-41(12,13)24-18-26-43(31-2,32-3)33-4)21-17-23-40(10,11)38-42(14,15)25-19-27-44(34-5,35-6)36-7/h16-27H2,1-15H3. The van der Waals surface area contributed by atoms with Crippen LogP contribution in [-0.2, 0) is 39.6 Å². The van der Waals surface area contributed by atoms with Crippen molar-refractivity contribution in [2.45, 2.75) is 121 Å². The maximum Gasteiger partial charge on any atom is 0.500 e. The summed E-state index contributed by atoms with van der Waals surface area (Å²) in [5.41, 5.74) is 0. The van der Waals surface area contributed by atoms with Crippen LogP contribution in [0.15, 0.2) is 0 Å². The molecule has 0 aromatic heterocycles. The van der Waals surface area contributed by atoms with E-state index in [2.05, 4.69) is 52.4 Å². The molecule has 1 amide bonds. The van der Waals surface area contributed by atoms with E-state index in [0.29, 0.717) is 0 Å². The van der Waals surface area contributed by atoms with E-state index in [1.165, 1.54) is 0 Å². The van der Waals surface area contributed by atoms with E-state index < -0.39 is 50.9 Å². The van der Waals surface area contributed by atoms with Gasteiger partial charge in [-0.1, -0.05) is 0 Å². The largest absolute Gasteiger partial charge is 0.500 e. The summed E-state index contributed by atoms with van der Waals surface area (Å²) in [4.78, 5) is 14.5. The zero-order valence-corrected chi connectivity index (χ0v) is 37.1. The van der Waals surface area contributed by atoms with E-state index in [0.717, 1.165) is 75.0 Å². The van der Waals surface area contributed by atoms with Crippen LogP contribution in [0.2, 0.25) is 88.6 Å². The van der Waals surface area contributed by atoms with E-state index >= 15 is 0 Å². The molecule has 0 aliphatic rings. The van der Waals surface area contributed by atoms with Crippen molar-refractivity contribution in [3.8, 4) is 0 Å². The van der Waals surface area contributed by atoms with Crippen molar-refractivity contribution in [3.05, 3.63) is 0 Å². The highest BCUT2D eigenvalue weighted by atomic mass is 28.4. The highest BCUT2D eigenvalue weighted by Gasteiger charge is 2.40. The lowest BCUT2D eigenvalue weighted by Gasteiger charge is -2.36. The second-order valence-corrected chi connectivity index (χ2v) is 38.1. The van der Waals surface area contributed by atoms with Crippen LogP contribution < -0.4 is 0 Å². The molecular formula is C28H69NO9Si6. The van der Waals surface area contributed by atoms with Gasteiger partial charge in [-0.2, -0.15) is 0 Å². The minimum Gasteiger partial charge on any atom is -0.455 e. The zero-order valence-electron chi connectivity index (χ0n) is 31.1. The molecule has 0 unspecified atom stereocenters. The van der Waals surface area contributed by atoms with Crippen molar-refractivity contribution in [2.75, 3.05) is 55.7 Å². The van der Waals surface area contributed by atoms with Gasteiger partial charge in [-0.25, -0.2) is 0 Å². The van der Waals surface area contributed by atoms with Crippen LogP contribution in [0.4, 0.5) is 0 Å². The van der Waals surface area contributed by atoms with Gasteiger partial charge in [0.1, 0.15) is 0 Å². The molecule has 16 heteroatoms. The average molecular weight is 732 g/mol. The van der Waals surface area contributed by atoms with Crippen LogP contribution in [0.3, 0.4) is 0 Å². The topological polar surface area (TPSA) is 94.2 Å². The molecule has 0 spiro atoms. The Bertz CT molecular complexity index is 738. The lowest BCUT2D eigenvalue weighted by atomic mass is 10.3. The van der Waals surface area contributed by atoms with Gasteiger partial charge in [-0.05, 0) is 102 Å². The molecule has 0 aromatic rings. The van der Waals surface area contributed by atoms with Crippen LogP contribution in [0, 0.1) is 0 Å². The lowest BCUT2D eigenvalue weighted by molar-refractivity contribution is -0.128. The summed E-state index contributed by atoms with van der Waals surface area (Å²) in [6, 6.07) is 5.78. The molecule has 0 aliphatic heterocycles. The van der Waals surface area contributed by atoms with Gasteiger partial charge in [-0.3, -0.25) is 4.79 Å². The summed E-state index contributed by atoms with van der Waals surface area (Å²) >= 11 is 0. The number of rotatable bonds is 26. The normalized spacial score (nSPS) is 13.9. The number of carbonyl (C=O) groups excluding carboxylic acids is 1. The SMILES string of the molecule is CO[Si](CCC[Si](C)(C)O[Si](C)(C)CCCN(CCC[Si](C)(C)O[Si](C)(C)CCC[Si](OC)(OC)OC)C(C)=O)(OC)OC. The van der Waals surface area contributed by atoms with Crippen LogP contribution in [-0.4, -0.2) is 117 Å². The van der Waals surface area contributed by atoms with Gasteiger partial charge in [-0.15, -0.1) is 0 Å². The van der Waals surface area contributed by atoms with Crippen LogP contribution in [0.5, 0.6) is 0 Å². The summed E-state index contributed by atoms with van der Waals surface area (Å²) in [5.74, 6) is 0.152. The minimum absolute atomic E-state index is 0.152. The molecule has 0 aliphatic carbocycles. The molecule has 0 heterocycles. The first-order chi connectivity index (χ1) is 20.2. The Morgan fingerprint density at radius 1 is 0.455 bits per heavy atom. The summed E-state index contributed by atoms with van der Waals surface area (Å²) in [5, 5.41) is 0. The summed E-state index contributed by atoms with van der Waals surface area (Å²) in [7, 11) is -2.52. The summed E-state index contributed by atoms with van der Waals surface area (Å²) in [6.07, 6.45) is 3.90. The van der Waals surface area contributed by atoms with Crippen molar-refractivity contribution in [3.63, 3.8) is 0 Å². The monoisotopic (exact) mass is 731 g/mol.